The fourth-order valence-electron chi connectivity index (χ4n) is 3.48. The van der Waals surface area contributed by atoms with Crippen molar-refractivity contribution in [2.45, 2.75) is 129 Å². The van der Waals surface area contributed by atoms with Crippen LogP contribution in [-0.4, -0.2) is 28.3 Å². The summed E-state index contributed by atoms with van der Waals surface area (Å²) in [5.41, 5.74) is 0. The van der Waals surface area contributed by atoms with Crippen LogP contribution >= 0.6 is 0 Å². The summed E-state index contributed by atoms with van der Waals surface area (Å²) < 4.78 is 0. The van der Waals surface area contributed by atoms with Gasteiger partial charge in [0.2, 0.25) is 0 Å². The molecular weight excluding hydrogens is 334 g/mol. The van der Waals surface area contributed by atoms with Crippen LogP contribution in [0.4, 0.5) is 0 Å². The Morgan fingerprint density at radius 2 is 0.889 bits per heavy atom. The molecule has 0 bridgehead atoms. The summed E-state index contributed by atoms with van der Waals surface area (Å²) in [4.78, 5) is -0.811. The van der Waals surface area contributed by atoms with Gasteiger partial charge in [0.05, 0.1) is 0 Å². The van der Waals surface area contributed by atoms with Crippen molar-refractivity contribution < 1.29 is 15.2 Å². The molecule has 0 aliphatic heterocycles. The van der Waals surface area contributed by atoms with Gasteiger partial charge in [-0.1, -0.05) is 96.1 Å². The fraction of sp³-hybridized carbons (Fsp3) is 0.917. The molecule has 0 aromatic rings. The first-order chi connectivity index (χ1) is 13.1. The number of hydrogen-bond donors (Lipinski definition) is 2. The molecule has 0 aliphatic rings. The number of quaternary nitrogens is 1. The molecule has 0 radical (unpaired) electrons. The Kier molecular flexibility index (Phi) is 20.1. The smallest absolute Gasteiger partial charge is 0.142 e. The average Bonchev–Trinajstić information content (AvgIpc) is 2.66. The van der Waals surface area contributed by atoms with Crippen molar-refractivity contribution in [2.75, 3.05) is 13.1 Å². The zero-order valence-electron chi connectivity index (χ0n) is 18.6. The molecule has 2 N–H and O–H groups in total. The van der Waals surface area contributed by atoms with Gasteiger partial charge in [-0.05, 0) is 43.8 Å². The highest BCUT2D eigenvalue weighted by atomic mass is 16.8. The minimum Gasteiger partial charge on any atom is -0.182 e. The van der Waals surface area contributed by atoms with E-state index in [1.54, 1.807) is 6.92 Å². The molecule has 0 spiro atoms. The molecule has 0 amide bonds. The summed E-state index contributed by atoms with van der Waals surface area (Å²) in [6, 6.07) is 0. The van der Waals surface area contributed by atoms with Crippen molar-refractivity contribution in [3.8, 4) is 0 Å². The summed E-state index contributed by atoms with van der Waals surface area (Å²) in [7, 11) is 0. The zero-order chi connectivity index (χ0) is 20.1. The van der Waals surface area contributed by atoms with Gasteiger partial charge >= 0.3 is 0 Å². The second-order valence-corrected chi connectivity index (χ2v) is 8.27. The monoisotopic (exact) mass is 384 g/mol. The van der Waals surface area contributed by atoms with Crippen molar-refractivity contribution in [1.82, 2.24) is 0 Å². The molecular formula is C24H50NO2+. The van der Waals surface area contributed by atoms with E-state index in [-0.39, 0.29) is 0 Å². The first-order valence-corrected chi connectivity index (χ1v) is 12.1. The Labute approximate surface area is 170 Å². The lowest BCUT2D eigenvalue weighted by molar-refractivity contribution is -1.24. The van der Waals surface area contributed by atoms with Gasteiger partial charge in [-0.3, -0.25) is 0 Å². The highest BCUT2D eigenvalue weighted by Gasteiger charge is 2.17. The maximum Gasteiger partial charge on any atom is 0.142 e. The molecule has 0 aromatic heterocycles. The van der Waals surface area contributed by atoms with Crippen LogP contribution in [0.25, 0.3) is 0 Å². The van der Waals surface area contributed by atoms with Crippen LogP contribution in [0.2, 0.25) is 0 Å². The van der Waals surface area contributed by atoms with Crippen LogP contribution in [-0.2, 0) is 0 Å². The van der Waals surface area contributed by atoms with Crippen LogP contribution in [0, 0.1) is 0 Å². The van der Waals surface area contributed by atoms with E-state index < -0.39 is 4.81 Å². The Morgan fingerprint density at radius 3 is 1.30 bits per heavy atom. The Bertz CT molecular complexity index is 316. The summed E-state index contributed by atoms with van der Waals surface area (Å²) in [5.74, 6) is 0. The van der Waals surface area contributed by atoms with Crippen molar-refractivity contribution in [3.05, 3.63) is 12.2 Å². The topological polar surface area (TPSA) is 40.5 Å². The molecule has 0 unspecified atom stereocenters. The normalized spacial score (nSPS) is 12.3. The largest absolute Gasteiger partial charge is 0.182 e. The number of allylic oxidation sites excluding steroid dienone is 2. The predicted molar refractivity (Wildman–Crippen MR) is 117 cm³/mol. The Hall–Kier alpha value is -0.380. The third-order valence-electron chi connectivity index (χ3n) is 5.53. The van der Waals surface area contributed by atoms with E-state index in [2.05, 4.69) is 19.1 Å². The summed E-state index contributed by atoms with van der Waals surface area (Å²) >= 11 is 0. The summed E-state index contributed by atoms with van der Waals surface area (Å²) in [6.45, 7) is 4.91. The third-order valence-corrected chi connectivity index (χ3v) is 5.53. The molecule has 0 atom stereocenters. The molecule has 0 aliphatic carbocycles. The molecule has 3 heteroatoms. The summed E-state index contributed by atoms with van der Waals surface area (Å²) in [6.07, 6.45) is 28.5. The van der Waals surface area contributed by atoms with E-state index in [1.165, 1.54) is 103 Å². The van der Waals surface area contributed by atoms with Crippen molar-refractivity contribution in [3.63, 3.8) is 0 Å². The number of hydrogen-bond acceptors (Lipinski definition) is 2. The predicted octanol–water partition coefficient (Wildman–Crippen LogP) is 8.20. The molecule has 0 rings (SSSR count). The van der Waals surface area contributed by atoms with Gasteiger partial charge in [0.15, 0.2) is 0 Å². The maximum atomic E-state index is 9.46. The van der Waals surface area contributed by atoms with Crippen LogP contribution < -0.4 is 0 Å². The molecule has 162 valence electrons. The zero-order valence-corrected chi connectivity index (χ0v) is 18.6. The minimum atomic E-state index is -0.811. The minimum absolute atomic E-state index is 0.370. The van der Waals surface area contributed by atoms with E-state index >= 15 is 0 Å². The molecule has 27 heavy (non-hydrogen) atoms. The van der Waals surface area contributed by atoms with Gasteiger partial charge in [-0.15, -0.1) is 0 Å². The molecule has 3 nitrogen and oxygen atoms in total. The number of hydroxylamine groups is 4. The quantitative estimate of drug-likeness (QED) is 0.0906. The lowest BCUT2D eigenvalue weighted by Crippen LogP contribution is -2.41. The number of unbranched alkanes of at least 4 members (excludes halogenated alkanes) is 16. The van der Waals surface area contributed by atoms with Gasteiger partial charge in [0, 0.05) is 6.42 Å². The van der Waals surface area contributed by atoms with Crippen LogP contribution in [0.3, 0.4) is 0 Å². The first-order valence-electron chi connectivity index (χ1n) is 12.1. The van der Waals surface area contributed by atoms with E-state index in [1.807, 2.05) is 0 Å². The van der Waals surface area contributed by atoms with Gasteiger partial charge in [0.1, 0.15) is 13.1 Å². The summed E-state index contributed by atoms with van der Waals surface area (Å²) in [5, 5.41) is 18.9. The van der Waals surface area contributed by atoms with Crippen LogP contribution in [0.15, 0.2) is 12.2 Å². The highest BCUT2D eigenvalue weighted by molar-refractivity contribution is 4.81. The second-order valence-electron chi connectivity index (χ2n) is 8.27. The lowest BCUT2D eigenvalue weighted by Gasteiger charge is -2.18. The van der Waals surface area contributed by atoms with Crippen LogP contribution in [0.5, 0.6) is 0 Å². The van der Waals surface area contributed by atoms with E-state index in [4.69, 9.17) is 0 Å². The highest BCUT2D eigenvalue weighted by Crippen LogP contribution is 2.13. The molecule has 0 aromatic carbocycles. The fourth-order valence-corrected chi connectivity index (χ4v) is 3.48. The SMILES string of the molecule is CCCCCCCC/C=C\CCCCCCCCCCCC[N+](O)(O)CC. The molecule has 0 saturated carbocycles. The van der Waals surface area contributed by atoms with Gasteiger partial charge in [0.25, 0.3) is 0 Å². The number of rotatable bonds is 21. The molecule has 0 heterocycles. The van der Waals surface area contributed by atoms with Crippen molar-refractivity contribution in [2.24, 2.45) is 0 Å². The van der Waals surface area contributed by atoms with Crippen molar-refractivity contribution >= 4 is 0 Å². The van der Waals surface area contributed by atoms with Crippen molar-refractivity contribution in [1.29, 1.82) is 0 Å². The Morgan fingerprint density at radius 1 is 0.519 bits per heavy atom. The van der Waals surface area contributed by atoms with E-state index in [0.717, 1.165) is 12.8 Å². The third kappa shape index (κ3) is 21.8. The van der Waals surface area contributed by atoms with E-state index in [0.29, 0.717) is 13.1 Å². The maximum absolute atomic E-state index is 9.46. The average molecular weight is 385 g/mol. The molecule has 0 saturated heterocycles. The Balaban J connectivity index is 3.13. The van der Waals surface area contributed by atoms with E-state index in [9.17, 15) is 10.4 Å². The van der Waals surface area contributed by atoms with Gasteiger partial charge in [-0.2, -0.15) is 10.4 Å². The van der Waals surface area contributed by atoms with Crippen LogP contribution in [0.1, 0.15) is 129 Å². The van der Waals surface area contributed by atoms with Gasteiger partial charge < -0.3 is 0 Å². The molecule has 0 fully saturated rings. The lowest BCUT2D eigenvalue weighted by atomic mass is 10.1. The first kappa shape index (κ1) is 26.6. The standard InChI is InChI=1S/C24H50NO2/c1-3-5-6-7-8-9-10-11-12-13-14-15-16-17-18-19-20-21-22-23-24-25(26,27)4-2/h11-12,26-27H,3-10,13-24H2,1-2H3/q+1/b12-11-. The number of nitrogens with zero attached hydrogens (tertiary/aromatic N) is 1. The second kappa shape index (κ2) is 20.4. The van der Waals surface area contributed by atoms with Gasteiger partial charge in [-0.25, -0.2) is 0 Å².